The Morgan fingerprint density at radius 1 is 1.07 bits per heavy atom. The fourth-order valence-electron chi connectivity index (χ4n) is 4.19. The highest BCUT2D eigenvalue weighted by Crippen LogP contribution is 2.38. The Hall–Kier alpha value is -2.71. The number of nitrogens with zero attached hydrogens (tertiary/aromatic N) is 2. The minimum absolute atomic E-state index is 0.0628. The Morgan fingerprint density at radius 3 is 2.40 bits per heavy atom. The second kappa shape index (κ2) is 8.57. The number of carbonyl (C=O) groups excluding carboxylic acids is 3. The van der Waals surface area contributed by atoms with Gasteiger partial charge in [0.2, 0.25) is 5.91 Å². The number of Topliss-reactive ketones (excluding diaryl/α,β-unsaturated/α-hetero) is 1. The quantitative estimate of drug-likeness (QED) is 0.691. The molecule has 4 rings (SSSR count). The van der Waals surface area contributed by atoms with Crippen LogP contribution in [0.5, 0.6) is 0 Å². The van der Waals surface area contributed by atoms with E-state index >= 15 is 0 Å². The van der Waals surface area contributed by atoms with E-state index in [9.17, 15) is 14.4 Å². The van der Waals surface area contributed by atoms with Crippen LogP contribution in [0.1, 0.15) is 44.5 Å². The van der Waals surface area contributed by atoms with Gasteiger partial charge in [0, 0.05) is 42.3 Å². The van der Waals surface area contributed by atoms with Gasteiger partial charge in [-0.1, -0.05) is 0 Å². The van der Waals surface area contributed by atoms with Crippen LogP contribution in [0.15, 0.2) is 24.3 Å². The summed E-state index contributed by atoms with van der Waals surface area (Å²) in [5.74, 6) is -0.515. The van der Waals surface area contributed by atoms with Gasteiger partial charge in [-0.2, -0.15) is 0 Å². The van der Waals surface area contributed by atoms with E-state index in [4.69, 9.17) is 5.73 Å². The first-order chi connectivity index (χ1) is 14.4. The van der Waals surface area contributed by atoms with E-state index in [0.29, 0.717) is 16.1 Å². The summed E-state index contributed by atoms with van der Waals surface area (Å²) in [5.41, 5.74) is 8.89. The second-order valence-electron chi connectivity index (χ2n) is 7.84. The standard InChI is InChI=1S/C22H26N4O3S/c1-14(27)15-5-7-16(8-6-15)26-11-9-25(10-12-26)13-19(28)24-22-20(21(23)29)17-3-2-4-18(17)30-22/h5-8H,2-4,9-13H2,1H3,(H2,23,29)(H,24,28). The number of nitrogens with two attached hydrogens (primary N) is 1. The molecular weight excluding hydrogens is 400 g/mol. The van der Waals surface area contributed by atoms with Crippen molar-refractivity contribution in [1.82, 2.24) is 4.90 Å². The van der Waals surface area contributed by atoms with Gasteiger partial charge in [0.15, 0.2) is 5.78 Å². The number of primary amides is 1. The largest absolute Gasteiger partial charge is 0.369 e. The number of hydrogen-bond acceptors (Lipinski definition) is 6. The van der Waals surface area contributed by atoms with E-state index in [2.05, 4.69) is 15.1 Å². The lowest BCUT2D eigenvalue weighted by Crippen LogP contribution is -2.48. The Labute approximate surface area is 179 Å². The van der Waals surface area contributed by atoms with Crippen LogP contribution in [-0.2, 0) is 17.6 Å². The molecule has 30 heavy (non-hydrogen) atoms. The fourth-order valence-corrected chi connectivity index (χ4v) is 5.50. The molecule has 1 aromatic heterocycles. The zero-order valence-corrected chi connectivity index (χ0v) is 17.9. The van der Waals surface area contributed by atoms with Crippen molar-refractivity contribution in [3.8, 4) is 0 Å². The molecule has 1 aliphatic carbocycles. The predicted molar refractivity (Wildman–Crippen MR) is 119 cm³/mol. The van der Waals surface area contributed by atoms with Gasteiger partial charge in [0.25, 0.3) is 5.91 Å². The van der Waals surface area contributed by atoms with E-state index < -0.39 is 5.91 Å². The lowest BCUT2D eigenvalue weighted by Gasteiger charge is -2.35. The number of fused-ring (bicyclic) bond motifs is 1. The minimum atomic E-state index is -0.464. The van der Waals surface area contributed by atoms with E-state index in [0.717, 1.165) is 56.7 Å². The highest BCUT2D eigenvalue weighted by Gasteiger charge is 2.27. The smallest absolute Gasteiger partial charge is 0.251 e. The molecule has 1 aliphatic heterocycles. The number of thiophene rings is 1. The molecule has 0 radical (unpaired) electrons. The number of rotatable bonds is 6. The van der Waals surface area contributed by atoms with Crippen LogP contribution < -0.4 is 16.0 Å². The number of benzene rings is 1. The summed E-state index contributed by atoms with van der Waals surface area (Å²) in [6.07, 6.45) is 2.85. The Balaban J connectivity index is 1.32. The molecular formula is C22H26N4O3S. The molecule has 7 nitrogen and oxygen atoms in total. The van der Waals surface area contributed by atoms with Gasteiger partial charge in [-0.05, 0) is 56.0 Å². The third-order valence-corrected chi connectivity index (χ3v) is 7.01. The average molecular weight is 427 g/mol. The van der Waals surface area contributed by atoms with Gasteiger partial charge < -0.3 is 16.0 Å². The lowest BCUT2D eigenvalue weighted by molar-refractivity contribution is -0.117. The van der Waals surface area contributed by atoms with Crippen molar-refractivity contribution in [1.29, 1.82) is 0 Å². The summed E-state index contributed by atoms with van der Waals surface area (Å²) >= 11 is 1.48. The first-order valence-electron chi connectivity index (χ1n) is 10.2. The van der Waals surface area contributed by atoms with Crippen LogP contribution in [0.4, 0.5) is 10.7 Å². The fraction of sp³-hybridized carbons (Fsp3) is 0.409. The number of aryl methyl sites for hydroxylation is 1. The van der Waals surface area contributed by atoms with E-state index in [1.807, 2.05) is 24.3 Å². The zero-order chi connectivity index (χ0) is 21.3. The van der Waals surface area contributed by atoms with Crippen LogP contribution in [0.2, 0.25) is 0 Å². The average Bonchev–Trinajstić information content (AvgIpc) is 3.29. The van der Waals surface area contributed by atoms with Crippen LogP contribution in [-0.4, -0.2) is 55.2 Å². The number of ketones is 1. The molecule has 8 heteroatoms. The van der Waals surface area contributed by atoms with Gasteiger partial charge in [-0.25, -0.2) is 0 Å². The van der Waals surface area contributed by atoms with Crippen LogP contribution in [0.25, 0.3) is 0 Å². The number of nitrogens with one attached hydrogen (secondary N) is 1. The first kappa shape index (κ1) is 20.6. The minimum Gasteiger partial charge on any atom is -0.369 e. The summed E-state index contributed by atoms with van der Waals surface area (Å²) in [6, 6.07) is 7.65. The van der Waals surface area contributed by atoms with Crippen molar-refractivity contribution >= 4 is 39.6 Å². The summed E-state index contributed by atoms with van der Waals surface area (Å²) in [7, 11) is 0. The second-order valence-corrected chi connectivity index (χ2v) is 8.95. The molecule has 1 fully saturated rings. The Morgan fingerprint density at radius 2 is 1.77 bits per heavy atom. The van der Waals surface area contributed by atoms with E-state index in [1.165, 1.54) is 16.2 Å². The summed E-state index contributed by atoms with van der Waals surface area (Å²) in [4.78, 5) is 41.4. The molecule has 3 N–H and O–H groups in total. The van der Waals surface area contributed by atoms with Crippen LogP contribution >= 0.6 is 11.3 Å². The molecule has 1 saturated heterocycles. The van der Waals surface area contributed by atoms with Crippen molar-refractivity contribution in [2.75, 3.05) is 42.9 Å². The molecule has 0 atom stereocenters. The monoisotopic (exact) mass is 426 g/mol. The topological polar surface area (TPSA) is 95.7 Å². The molecule has 2 aliphatic rings. The third-order valence-electron chi connectivity index (χ3n) is 5.80. The number of carbonyl (C=O) groups is 3. The van der Waals surface area contributed by atoms with Gasteiger partial charge in [-0.15, -0.1) is 11.3 Å². The summed E-state index contributed by atoms with van der Waals surface area (Å²) in [5, 5.41) is 3.52. The molecule has 0 saturated carbocycles. The Kier molecular flexibility index (Phi) is 5.87. The van der Waals surface area contributed by atoms with Crippen molar-refractivity contribution in [3.05, 3.63) is 45.8 Å². The molecule has 0 spiro atoms. The molecule has 2 heterocycles. The number of piperazine rings is 1. The molecule has 158 valence electrons. The first-order valence-corrected chi connectivity index (χ1v) is 11.1. The maximum Gasteiger partial charge on any atom is 0.251 e. The molecule has 0 unspecified atom stereocenters. The molecule has 2 amide bonds. The van der Waals surface area contributed by atoms with Crippen molar-refractivity contribution < 1.29 is 14.4 Å². The van der Waals surface area contributed by atoms with Gasteiger partial charge in [-0.3, -0.25) is 19.3 Å². The van der Waals surface area contributed by atoms with Gasteiger partial charge in [0.05, 0.1) is 12.1 Å². The highest BCUT2D eigenvalue weighted by atomic mass is 32.1. The third kappa shape index (κ3) is 4.24. The maximum atomic E-state index is 12.6. The number of anilines is 2. The Bertz CT molecular complexity index is 975. The molecule has 2 aromatic rings. The van der Waals surface area contributed by atoms with Crippen molar-refractivity contribution in [2.24, 2.45) is 5.73 Å². The SMILES string of the molecule is CC(=O)c1ccc(N2CCN(CC(=O)Nc3sc4c(c3C(N)=O)CCC4)CC2)cc1. The predicted octanol–water partition coefficient (Wildman–Crippen LogP) is 2.30. The summed E-state index contributed by atoms with van der Waals surface area (Å²) < 4.78 is 0. The van der Waals surface area contributed by atoms with Gasteiger partial charge in [0.1, 0.15) is 5.00 Å². The number of hydrogen-bond donors (Lipinski definition) is 2. The van der Waals surface area contributed by atoms with E-state index in [1.54, 1.807) is 6.92 Å². The molecule has 0 bridgehead atoms. The van der Waals surface area contributed by atoms with Gasteiger partial charge >= 0.3 is 0 Å². The molecule has 1 aromatic carbocycles. The van der Waals surface area contributed by atoms with Crippen molar-refractivity contribution in [3.63, 3.8) is 0 Å². The van der Waals surface area contributed by atoms with Crippen LogP contribution in [0, 0.1) is 0 Å². The number of amides is 2. The van der Waals surface area contributed by atoms with Crippen LogP contribution in [0.3, 0.4) is 0 Å². The summed E-state index contributed by atoms with van der Waals surface area (Å²) in [6.45, 7) is 5.02. The maximum absolute atomic E-state index is 12.6. The zero-order valence-electron chi connectivity index (χ0n) is 17.1. The van der Waals surface area contributed by atoms with E-state index in [-0.39, 0.29) is 18.2 Å². The lowest BCUT2D eigenvalue weighted by atomic mass is 10.1. The normalized spacial score (nSPS) is 16.4. The van der Waals surface area contributed by atoms with Crippen molar-refractivity contribution in [2.45, 2.75) is 26.2 Å². The highest BCUT2D eigenvalue weighted by molar-refractivity contribution is 7.17.